The van der Waals surface area contributed by atoms with Crippen molar-refractivity contribution < 1.29 is 9.90 Å². The fraction of sp³-hybridized carbons (Fsp3) is 0.118. The molecule has 0 saturated carbocycles. The molecule has 96 valence electrons. The van der Waals surface area contributed by atoms with Crippen molar-refractivity contribution in [2.75, 3.05) is 0 Å². The second-order valence-corrected chi connectivity index (χ2v) is 4.40. The molecule has 0 aliphatic heterocycles. The van der Waals surface area contributed by atoms with Gasteiger partial charge in [-0.3, -0.25) is 4.79 Å². The molecule has 2 aromatic carbocycles. The topological polar surface area (TPSA) is 37.3 Å². The van der Waals surface area contributed by atoms with Crippen LogP contribution in [0.25, 0.3) is 0 Å². The lowest BCUT2D eigenvalue weighted by molar-refractivity contribution is -0.139. The van der Waals surface area contributed by atoms with Crippen LogP contribution in [0.4, 0.5) is 0 Å². The number of carboxylic acid groups (broad SMARTS) is 1. The Morgan fingerprint density at radius 1 is 0.947 bits per heavy atom. The van der Waals surface area contributed by atoms with Gasteiger partial charge in [0.1, 0.15) is 0 Å². The van der Waals surface area contributed by atoms with Crippen molar-refractivity contribution in [1.29, 1.82) is 0 Å². The van der Waals surface area contributed by atoms with E-state index >= 15 is 0 Å². The first-order valence-corrected chi connectivity index (χ1v) is 6.19. The van der Waals surface area contributed by atoms with Gasteiger partial charge in [-0.2, -0.15) is 0 Å². The average molecular weight is 252 g/mol. The van der Waals surface area contributed by atoms with Gasteiger partial charge in [-0.05, 0) is 11.1 Å². The maximum atomic E-state index is 11.6. The third-order valence-electron chi connectivity index (χ3n) is 3.22. The molecule has 0 spiro atoms. The first kappa shape index (κ1) is 13.1. The lowest BCUT2D eigenvalue weighted by Crippen LogP contribution is -2.18. The number of carboxylic acids is 1. The van der Waals surface area contributed by atoms with Crippen molar-refractivity contribution >= 4 is 5.97 Å². The highest BCUT2D eigenvalue weighted by atomic mass is 16.4. The van der Waals surface area contributed by atoms with Gasteiger partial charge in [0.2, 0.25) is 0 Å². The molecular formula is C17H16O2. The lowest BCUT2D eigenvalue weighted by Gasteiger charge is -2.21. The van der Waals surface area contributed by atoms with Crippen LogP contribution in [0.3, 0.4) is 0 Å². The molecule has 0 bridgehead atoms. The number of carbonyl (C=O) groups is 1. The van der Waals surface area contributed by atoms with Crippen LogP contribution < -0.4 is 0 Å². The monoisotopic (exact) mass is 252 g/mol. The SMILES string of the molecule is C=CC(c1ccccc1)C(C(=O)O)c1ccccc1. The summed E-state index contributed by atoms with van der Waals surface area (Å²) in [5, 5.41) is 9.54. The van der Waals surface area contributed by atoms with Gasteiger partial charge in [0.15, 0.2) is 0 Å². The van der Waals surface area contributed by atoms with Gasteiger partial charge in [0.05, 0.1) is 5.92 Å². The summed E-state index contributed by atoms with van der Waals surface area (Å²) in [5.74, 6) is -1.68. The molecule has 0 fully saturated rings. The summed E-state index contributed by atoms with van der Waals surface area (Å²) in [6.45, 7) is 3.80. The Morgan fingerprint density at radius 2 is 1.42 bits per heavy atom. The minimum atomic E-state index is -0.833. The smallest absolute Gasteiger partial charge is 0.311 e. The van der Waals surface area contributed by atoms with Crippen LogP contribution in [0.1, 0.15) is 23.0 Å². The minimum absolute atomic E-state index is 0.235. The molecule has 0 saturated heterocycles. The van der Waals surface area contributed by atoms with Gasteiger partial charge in [-0.15, -0.1) is 6.58 Å². The van der Waals surface area contributed by atoms with Crippen molar-refractivity contribution in [1.82, 2.24) is 0 Å². The Labute approximate surface area is 113 Å². The van der Waals surface area contributed by atoms with E-state index in [1.807, 2.05) is 60.7 Å². The number of rotatable bonds is 5. The van der Waals surface area contributed by atoms with E-state index in [4.69, 9.17) is 0 Å². The predicted molar refractivity (Wildman–Crippen MR) is 76.2 cm³/mol. The zero-order chi connectivity index (χ0) is 13.7. The zero-order valence-corrected chi connectivity index (χ0v) is 10.6. The van der Waals surface area contributed by atoms with E-state index in [-0.39, 0.29) is 5.92 Å². The van der Waals surface area contributed by atoms with Crippen LogP contribution in [0.15, 0.2) is 73.3 Å². The quantitative estimate of drug-likeness (QED) is 0.821. The van der Waals surface area contributed by atoms with Crippen molar-refractivity contribution in [3.63, 3.8) is 0 Å². The molecule has 0 aliphatic rings. The van der Waals surface area contributed by atoms with E-state index in [1.165, 1.54) is 0 Å². The van der Waals surface area contributed by atoms with Crippen LogP contribution in [0, 0.1) is 0 Å². The van der Waals surface area contributed by atoms with Crippen LogP contribution in [0.5, 0.6) is 0 Å². The fourth-order valence-electron chi connectivity index (χ4n) is 2.30. The summed E-state index contributed by atoms with van der Waals surface area (Å²) < 4.78 is 0. The van der Waals surface area contributed by atoms with Crippen LogP contribution >= 0.6 is 0 Å². The van der Waals surface area contributed by atoms with Crippen LogP contribution in [-0.2, 0) is 4.79 Å². The van der Waals surface area contributed by atoms with E-state index in [1.54, 1.807) is 6.08 Å². The minimum Gasteiger partial charge on any atom is -0.481 e. The second-order valence-electron chi connectivity index (χ2n) is 4.40. The highest BCUT2D eigenvalue weighted by Crippen LogP contribution is 2.34. The average Bonchev–Trinajstić information content (AvgIpc) is 2.46. The lowest BCUT2D eigenvalue weighted by atomic mass is 9.81. The maximum Gasteiger partial charge on any atom is 0.311 e. The molecule has 2 rings (SSSR count). The summed E-state index contributed by atoms with van der Waals surface area (Å²) in [4.78, 5) is 11.6. The predicted octanol–water partition coefficient (Wildman–Crippen LogP) is 3.82. The summed E-state index contributed by atoms with van der Waals surface area (Å²) in [6.07, 6.45) is 1.71. The Bertz CT molecular complexity index is 546. The third kappa shape index (κ3) is 2.91. The van der Waals surface area contributed by atoms with E-state index in [2.05, 4.69) is 6.58 Å². The molecule has 0 amide bonds. The Morgan fingerprint density at radius 3 is 1.84 bits per heavy atom. The molecular weight excluding hydrogens is 236 g/mol. The molecule has 1 N–H and O–H groups in total. The largest absolute Gasteiger partial charge is 0.481 e. The van der Waals surface area contributed by atoms with E-state index in [0.717, 1.165) is 11.1 Å². The number of allylic oxidation sites excluding steroid dienone is 1. The standard InChI is InChI=1S/C17H16O2/c1-2-15(13-9-5-3-6-10-13)16(17(18)19)14-11-7-4-8-12-14/h2-12,15-16H,1H2,(H,18,19). The summed E-state index contributed by atoms with van der Waals surface area (Å²) in [7, 11) is 0. The van der Waals surface area contributed by atoms with Gasteiger partial charge in [0, 0.05) is 5.92 Å². The molecule has 0 aliphatic carbocycles. The maximum absolute atomic E-state index is 11.6. The Balaban J connectivity index is 2.43. The van der Waals surface area contributed by atoms with Gasteiger partial charge in [0.25, 0.3) is 0 Å². The molecule has 2 unspecified atom stereocenters. The van der Waals surface area contributed by atoms with Gasteiger partial charge < -0.3 is 5.11 Å². The third-order valence-corrected chi connectivity index (χ3v) is 3.22. The highest BCUT2D eigenvalue weighted by Gasteiger charge is 2.28. The first-order valence-electron chi connectivity index (χ1n) is 6.19. The second kappa shape index (κ2) is 6.01. The Hall–Kier alpha value is -2.35. The van der Waals surface area contributed by atoms with E-state index < -0.39 is 11.9 Å². The molecule has 2 atom stereocenters. The molecule has 0 radical (unpaired) electrons. The van der Waals surface area contributed by atoms with Gasteiger partial charge in [-0.1, -0.05) is 66.7 Å². The normalized spacial score (nSPS) is 13.5. The zero-order valence-electron chi connectivity index (χ0n) is 10.6. The van der Waals surface area contributed by atoms with Crippen molar-refractivity contribution in [3.8, 4) is 0 Å². The summed E-state index contributed by atoms with van der Waals surface area (Å²) in [5.41, 5.74) is 1.76. The van der Waals surface area contributed by atoms with Crippen molar-refractivity contribution in [3.05, 3.63) is 84.4 Å². The highest BCUT2D eigenvalue weighted by molar-refractivity contribution is 5.78. The molecule has 19 heavy (non-hydrogen) atoms. The molecule has 0 heterocycles. The summed E-state index contributed by atoms with van der Waals surface area (Å²) >= 11 is 0. The van der Waals surface area contributed by atoms with Crippen LogP contribution in [-0.4, -0.2) is 11.1 Å². The number of aliphatic carboxylic acids is 1. The summed E-state index contributed by atoms with van der Waals surface area (Å²) in [6, 6.07) is 18.9. The number of hydrogen-bond acceptors (Lipinski definition) is 1. The van der Waals surface area contributed by atoms with Crippen molar-refractivity contribution in [2.24, 2.45) is 0 Å². The van der Waals surface area contributed by atoms with Crippen LogP contribution in [0.2, 0.25) is 0 Å². The van der Waals surface area contributed by atoms with Gasteiger partial charge in [-0.25, -0.2) is 0 Å². The van der Waals surface area contributed by atoms with E-state index in [9.17, 15) is 9.90 Å². The molecule has 2 aromatic rings. The Kier molecular flexibility index (Phi) is 4.14. The van der Waals surface area contributed by atoms with Crippen molar-refractivity contribution in [2.45, 2.75) is 11.8 Å². The molecule has 0 aromatic heterocycles. The molecule has 2 nitrogen and oxygen atoms in total. The van der Waals surface area contributed by atoms with E-state index in [0.29, 0.717) is 0 Å². The number of hydrogen-bond donors (Lipinski definition) is 1. The number of benzene rings is 2. The molecule has 2 heteroatoms. The first-order chi connectivity index (χ1) is 9.24. The van der Waals surface area contributed by atoms with Gasteiger partial charge >= 0.3 is 5.97 Å². The fourth-order valence-corrected chi connectivity index (χ4v) is 2.30.